The van der Waals surface area contributed by atoms with Crippen molar-refractivity contribution >= 4 is 11.8 Å². The lowest BCUT2D eigenvalue weighted by molar-refractivity contribution is -0.148. The summed E-state index contributed by atoms with van der Waals surface area (Å²) in [6.45, 7) is 0.401. The third kappa shape index (κ3) is 1.81. The van der Waals surface area contributed by atoms with Gasteiger partial charge >= 0.3 is 0 Å². The molecule has 5 nitrogen and oxygen atoms in total. The first-order valence-electron chi connectivity index (χ1n) is 5.94. The van der Waals surface area contributed by atoms with Crippen LogP contribution in [0.5, 0.6) is 5.75 Å². The van der Waals surface area contributed by atoms with Crippen molar-refractivity contribution in [2.45, 2.75) is 13.0 Å². The molecule has 2 atom stereocenters. The summed E-state index contributed by atoms with van der Waals surface area (Å²) in [7, 11) is 1.61. The largest absolute Gasteiger partial charge is 0.497 e. The van der Waals surface area contributed by atoms with Gasteiger partial charge in [-0.05, 0) is 24.1 Å². The number of carbonyl (C=O) groups is 2. The van der Waals surface area contributed by atoms with Crippen LogP contribution in [0.3, 0.4) is 0 Å². The second kappa shape index (κ2) is 4.01. The number of fused-ring (bicyclic) bond motifs is 1. The first-order valence-corrected chi connectivity index (χ1v) is 5.94. The monoisotopic (exact) mass is 246 g/mol. The number of hydrogen-bond acceptors (Lipinski definition) is 3. The van der Waals surface area contributed by atoms with E-state index < -0.39 is 0 Å². The molecule has 18 heavy (non-hydrogen) atoms. The molecule has 2 amide bonds. The van der Waals surface area contributed by atoms with Gasteiger partial charge in [0.1, 0.15) is 5.75 Å². The average Bonchev–Trinajstić information content (AvgIpc) is 3.17. The Bertz CT molecular complexity index is 497. The summed E-state index contributed by atoms with van der Waals surface area (Å²) in [4.78, 5) is 23.5. The summed E-state index contributed by atoms with van der Waals surface area (Å²) in [6, 6.07) is 7.45. The van der Waals surface area contributed by atoms with Crippen LogP contribution in [0.4, 0.5) is 0 Å². The van der Waals surface area contributed by atoms with E-state index in [0.717, 1.165) is 11.3 Å². The molecule has 0 unspecified atom stereocenters. The fourth-order valence-electron chi connectivity index (χ4n) is 2.26. The van der Waals surface area contributed by atoms with Crippen molar-refractivity contribution in [2.75, 3.05) is 7.11 Å². The molecule has 0 radical (unpaired) electrons. The molecule has 1 saturated carbocycles. The number of carbonyl (C=O) groups excluding carboxylic acids is 2. The molecule has 1 aliphatic carbocycles. The Kier molecular flexibility index (Phi) is 2.47. The van der Waals surface area contributed by atoms with E-state index in [1.54, 1.807) is 7.11 Å². The van der Waals surface area contributed by atoms with E-state index in [0.29, 0.717) is 13.0 Å². The van der Waals surface area contributed by atoms with Gasteiger partial charge in [-0.3, -0.25) is 15.0 Å². The van der Waals surface area contributed by atoms with Gasteiger partial charge in [-0.1, -0.05) is 12.1 Å². The number of hydrazine groups is 1. The van der Waals surface area contributed by atoms with Crippen LogP contribution >= 0.6 is 0 Å². The summed E-state index contributed by atoms with van der Waals surface area (Å²) in [5.41, 5.74) is 3.61. The normalized spacial score (nSPS) is 25.5. The number of amides is 2. The first-order chi connectivity index (χ1) is 8.69. The number of rotatable bonds is 3. The molecule has 2 fully saturated rings. The maximum absolute atomic E-state index is 11.9. The van der Waals surface area contributed by atoms with Gasteiger partial charge in [0.05, 0.1) is 25.5 Å². The molecule has 1 aromatic carbocycles. The average molecular weight is 246 g/mol. The quantitative estimate of drug-likeness (QED) is 0.854. The third-order valence-electron chi connectivity index (χ3n) is 3.46. The van der Waals surface area contributed by atoms with Crippen LogP contribution in [0.15, 0.2) is 24.3 Å². The zero-order chi connectivity index (χ0) is 12.7. The summed E-state index contributed by atoms with van der Waals surface area (Å²) in [6.07, 6.45) is 0.698. The Labute approximate surface area is 105 Å². The fraction of sp³-hybridized carbons (Fsp3) is 0.385. The molecular weight excluding hydrogens is 232 g/mol. The highest BCUT2D eigenvalue weighted by molar-refractivity contribution is 5.97. The van der Waals surface area contributed by atoms with Crippen molar-refractivity contribution in [3.63, 3.8) is 0 Å². The number of benzene rings is 1. The molecule has 3 rings (SSSR count). The topological polar surface area (TPSA) is 58.6 Å². The molecule has 1 saturated heterocycles. The summed E-state index contributed by atoms with van der Waals surface area (Å²) >= 11 is 0. The van der Waals surface area contributed by atoms with Gasteiger partial charge in [-0.25, -0.2) is 5.01 Å². The van der Waals surface area contributed by atoms with E-state index >= 15 is 0 Å². The van der Waals surface area contributed by atoms with Crippen LogP contribution in [0.25, 0.3) is 0 Å². The highest BCUT2D eigenvalue weighted by atomic mass is 16.5. The van der Waals surface area contributed by atoms with Crippen molar-refractivity contribution in [1.82, 2.24) is 10.4 Å². The highest BCUT2D eigenvalue weighted by Crippen LogP contribution is 2.42. The minimum atomic E-state index is -0.0861. The van der Waals surface area contributed by atoms with Gasteiger partial charge in [-0.2, -0.15) is 0 Å². The van der Waals surface area contributed by atoms with Crippen molar-refractivity contribution in [1.29, 1.82) is 0 Å². The summed E-state index contributed by atoms with van der Waals surface area (Å²) in [5.74, 6) is 0.597. The summed E-state index contributed by atoms with van der Waals surface area (Å²) in [5, 5.41) is 1.41. The predicted octanol–water partition coefficient (Wildman–Crippen LogP) is 0.705. The SMILES string of the molecule is COc1ccc(CN2NC(=O)[C@@H]3C[C@@H]3C2=O)cc1. The highest BCUT2D eigenvalue weighted by Gasteiger charge is 2.53. The lowest BCUT2D eigenvalue weighted by Crippen LogP contribution is -2.51. The maximum Gasteiger partial charge on any atom is 0.245 e. The molecule has 0 spiro atoms. The third-order valence-corrected chi connectivity index (χ3v) is 3.46. The molecule has 1 aliphatic heterocycles. The van der Waals surface area contributed by atoms with Gasteiger partial charge in [0.25, 0.3) is 0 Å². The molecular formula is C13H14N2O3. The van der Waals surface area contributed by atoms with Crippen LogP contribution in [0.2, 0.25) is 0 Å². The van der Waals surface area contributed by atoms with Gasteiger partial charge in [0, 0.05) is 0 Å². The molecule has 1 N–H and O–H groups in total. The van der Waals surface area contributed by atoms with Crippen LogP contribution in [0.1, 0.15) is 12.0 Å². The van der Waals surface area contributed by atoms with Crippen molar-refractivity contribution in [3.8, 4) is 5.75 Å². The number of ether oxygens (including phenoxy) is 1. The van der Waals surface area contributed by atoms with Crippen LogP contribution in [-0.2, 0) is 16.1 Å². The molecule has 94 valence electrons. The van der Waals surface area contributed by atoms with E-state index in [-0.39, 0.29) is 23.7 Å². The second-order valence-electron chi connectivity index (χ2n) is 4.70. The smallest absolute Gasteiger partial charge is 0.245 e. The number of nitrogens with one attached hydrogen (secondary N) is 1. The van der Waals surface area contributed by atoms with Crippen LogP contribution < -0.4 is 10.2 Å². The molecule has 5 heteroatoms. The molecule has 0 aromatic heterocycles. The zero-order valence-electron chi connectivity index (χ0n) is 10.1. The standard InChI is InChI=1S/C13H14N2O3/c1-18-9-4-2-8(3-5-9)7-15-13(17)11-6-10(11)12(16)14-15/h2-5,10-11H,6-7H2,1H3,(H,14,16)/t10-,11+/m1/s1. The predicted molar refractivity (Wildman–Crippen MR) is 63.3 cm³/mol. The number of methoxy groups -OCH3 is 1. The molecule has 0 bridgehead atoms. The van der Waals surface area contributed by atoms with Gasteiger partial charge in [0.2, 0.25) is 11.8 Å². The minimum Gasteiger partial charge on any atom is -0.497 e. The lowest BCUT2D eigenvalue weighted by Gasteiger charge is -2.26. The lowest BCUT2D eigenvalue weighted by atomic mass is 10.2. The van der Waals surface area contributed by atoms with Crippen LogP contribution in [-0.4, -0.2) is 23.9 Å². The van der Waals surface area contributed by atoms with Gasteiger partial charge in [-0.15, -0.1) is 0 Å². The number of hydrogen-bond donors (Lipinski definition) is 1. The Hall–Kier alpha value is -2.04. The Morgan fingerprint density at radius 1 is 1.28 bits per heavy atom. The second-order valence-corrected chi connectivity index (χ2v) is 4.70. The Morgan fingerprint density at radius 2 is 2.00 bits per heavy atom. The van der Waals surface area contributed by atoms with E-state index in [2.05, 4.69) is 5.43 Å². The zero-order valence-corrected chi connectivity index (χ0v) is 10.1. The maximum atomic E-state index is 11.9. The van der Waals surface area contributed by atoms with Crippen molar-refractivity contribution in [2.24, 2.45) is 11.8 Å². The van der Waals surface area contributed by atoms with Crippen LogP contribution in [0, 0.1) is 11.8 Å². The molecule has 2 aliphatic rings. The van der Waals surface area contributed by atoms with Gasteiger partial charge in [0.15, 0.2) is 0 Å². The fourth-order valence-corrected chi connectivity index (χ4v) is 2.26. The van der Waals surface area contributed by atoms with E-state index in [1.807, 2.05) is 24.3 Å². The molecule has 1 aromatic rings. The Morgan fingerprint density at radius 3 is 2.67 bits per heavy atom. The Balaban J connectivity index is 1.71. The van der Waals surface area contributed by atoms with Gasteiger partial charge < -0.3 is 4.74 Å². The minimum absolute atomic E-state index is 0.0235. The van der Waals surface area contributed by atoms with E-state index in [9.17, 15) is 9.59 Å². The van der Waals surface area contributed by atoms with E-state index in [1.165, 1.54) is 5.01 Å². The molecule has 1 heterocycles. The summed E-state index contributed by atoms with van der Waals surface area (Å²) < 4.78 is 5.07. The van der Waals surface area contributed by atoms with Crippen molar-refractivity contribution < 1.29 is 14.3 Å². The first kappa shape index (κ1) is 11.1. The number of nitrogens with zero attached hydrogens (tertiary/aromatic N) is 1. The van der Waals surface area contributed by atoms with Crippen molar-refractivity contribution in [3.05, 3.63) is 29.8 Å². The van der Waals surface area contributed by atoms with E-state index in [4.69, 9.17) is 4.74 Å².